The second-order valence-corrected chi connectivity index (χ2v) is 7.61. The molecule has 1 aliphatic carbocycles. The van der Waals surface area contributed by atoms with E-state index in [-0.39, 0.29) is 6.54 Å². The zero-order valence-corrected chi connectivity index (χ0v) is 12.5. The minimum Gasteiger partial charge on any atom is -0.292 e. The Morgan fingerprint density at radius 1 is 1.16 bits per heavy atom. The third-order valence-corrected chi connectivity index (χ3v) is 4.89. The van der Waals surface area contributed by atoms with Gasteiger partial charge in [-0.1, -0.05) is 31.1 Å². The van der Waals surface area contributed by atoms with E-state index >= 15 is 0 Å². The summed E-state index contributed by atoms with van der Waals surface area (Å²) in [7, 11) is -3.11. The van der Waals surface area contributed by atoms with E-state index in [1.165, 1.54) is 38.6 Å². The van der Waals surface area contributed by atoms with Gasteiger partial charge < -0.3 is 0 Å². The number of sulfonamides is 1. The van der Waals surface area contributed by atoms with Crippen molar-refractivity contribution < 1.29 is 8.42 Å². The molecule has 19 heavy (non-hydrogen) atoms. The maximum Gasteiger partial charge on any atom is 0.209 e. The zero-order chi connectivity index (χ0) is 13.7. The van der Waals surface area contributed by atoms with E-state index in [2.05, 4.69) is 21.5 Å². The van der Waals surface area contributed by atoms with E-state index < -0.39 is 10.0 Å². The van der Waals surface area contributed by atoms with E-state index in [1.54, 1.807) is 0 Å². The number of nitrogens with zero attached hydrogens (tertiary/aromatic N) is 1. The van der Waals surface area contributed by atoms with Crippen LogP contribution in [0.2, 0.25) is 0 Å². The SMILES string of the molecule is CS(=O)(=O)NCC#CCN1CCC2CCCCC2C1. The Hall–Kier alpha value is -0.570. The average molecular weight is 284 g/mol. The third kappa shape index (κ3) is 5.13. The van der Waals surface area contributed by atoms with Crippen LogP contribution in [0.1, 0.15) is 32.1 Å². The van der Waals surface area contributed by atoms with Crippen molar-refractivity contribution in [3.63, 3.8) is 0 Å². The monoisotopic (exact) mass is 284 g/mol. The van der Waals surface area contributed by atoms with Crippen molar-refractivity contribution >= 4 is 10.0 Å². The average Bonchev–Trinajstić information content (AvgIpc) is 2.37. The van der Waals surface area contributed by atoms with Crippen LogP contribution in [0.4, 0.5) is 0 Å². The van der Waals surface area contributed by atoms with Crippen molar-refractivity contribution in [2.75, 3.05) is 32.4 Å². The van der Waals surface area contributed by atoms with Crippen LogP contribution in [0.3, 0.4) is 0 Å². The lowest BCUT2D eigenvalue weighted by Gasteiger charge is -2.40. The maximum atomic E-state index is 10.9. The van der Waals surface area contributed by atoms with Crippen LogP contribution in [0.25, 0.3) is 0 Å². The van der Waals surface area contributed by atoms with Gasteiger partial charge in [-0.05, 0) is 31.2 Å². The van der Waals surface area contributed by atoms with Gasteiger partial charge in [0.1, 0.15) is 0 Å². The van der Waals surface area contributed by atoms with Crippen LogP contribution in [-0.2, 0) is 10.0 Å². The molecule has 0 radical (unpaired) electrons. The molecule has 0 aromatic heterocycles. The summed E-state index contributed by atoms with van der Waals surface area (Å²) in [6.45, 7) is 3.32. The van der Waals surface area contributed by atoms with Gasteiger partial charge in [0.25, 0.3) is 0 Å². The second kappa shape index (κ2) is 6.74. The van der Waals surface area contributed by atoms with E-state index in [0.29, 0.717) is 0 Å². The Kier molecular flexibility index (Phi) is 5.26. The van der Waals surface area contributed by atoms with Gasteiger partial charge in [0, 0.05) is 6.54 Å². The summed E-state index contributed by atoms with van der Waals surface area (Å²) < 4.78 is 24.1. The van der Waals surface area contributed by atoms with Crippen molar-refractivity contribution in [1.29, 1.82) is 0 Å². The van der Waals surface area contributed by atoms with Crippen molar-refractivity contribution in [3.05, 3.63) is 0 Å². The Labute approximate surface area is 117 Å². The molecule has 2 rings (SSSR count). The van der Waals surface area contributed by atoms with Gasteiger partial charge in [-0.15, -0.1) is 0 Å². The molecule has 1 saturated carbocycles. The summed E-state index contributed by atoms with van der Waals surface area (Å²) in [6, 6.07) is 0. The number of fused-ring (bicyclic) bond motifs is 1. The number of nitrogens with one attached hydrogen (secondary N) is 1. The third-order valence-electron chi connectivity index (χ3n) is 4.23. The van der Waals surface area contributed by atoms with Gasteiger partial charge >= 0.3 is 0 Å². The Bertz CT molecular complexity index is 450. The first-order valence-electron chi connectivity index (χ1n) is 7.17. The highest BCUT2D eigenvalue weighted by Gasteiger charge is 2.30. The molecule has 2 aliphatic rings. The molecule has 0 bridgehead atoms. The van der Waals surface area contributed by atoms with Crippen LogP contribution >= 0.6 is 0 Å². The normalized spacial score (nSPS) is 28.3. The maximum absolute atomic E-state index is 10.9. The van der Waals surface area contributed by atoms with E-state index in [9.17, 15) is 8.42 Å². The van der Waals surface area contributed by atoms with Gasteiger partial charge in [0.15, 0.2) is 0 Å². The van der Waals surface area contributed by atoms with Crippen molar-refractivity contribution in [2.24, 2.45) is 11.8 Å². The molecule has 5 heteroatoms. The fourth-order valence-electron chi connectivity index (χ4n) is 3.22. The molecule has 0 aromatic carbocycles. The van der Waals surface area contributed by atoms with Crippen LogP contribution in [0.5, 0.6) is 0 Å². The topological polar surface area (TPSA) is 49.4 Å². The fraction of sp³-hybridized carbons (Fsp3) is 0.857. The zero-order valence-electron chi connectivity index (χ0n) is 11.7. The second-order valence-electron chi connectivity index (χ2n) is 5.78. The summed E-state index contributed by atoms with van der Waals surface area (Å²) >= 11 is 0. The predicted octanol–water partition coefficient (Wildman–Crippen LogP) is 1.05. The van der Waals surface area contributed by atoms with E-state index in [0.717, 1.165) is 31.2 Å². The molecule has 0 amide bonds. The molecular weight excluding hydrogens is 260 g/mol. The molecule has 4 nitrogen and oxygen atoms in total. The first-order chi connectivity index (χ1) is 9.04. The lowest BCUT2D eigenvalue weighted by Crippen LogP contribution is -2.41. The quantitative estimate of drug-likeness (QED) is 0.788. The molecule has 1 aliphatic heterocycles. The first-order valence-corrected chi connectivity index (χ1v) is 9.06. The summed E-state index contributed by atoms with van der Waals surface area (Å²) in [4.78, 5) is 2.42. The van der Waals surface area contributed by atoms with Gasteiger partial charge in [-0.25, -0.2) is 13.1 Å². The summed E-state index contributed by atoms with van der Waals surface area (Å²) in [6.07, 6.45) is 8.07. The Morgan fingerprint density at radius 3 is 2.63 bits per heavy atom. The molecule has 2 unspecified atom stereocenters. The van der Waals surface area contributed by atoms with Gasteiger partial charge in [0.2, 0.25) is 10.0 Å². The molecule has 108 valence electrons. The standard InChI is InChI=1S/C14H24N2O2S/c1-19(17,18)15-9-4-5-10-16-11-8-13-6-2-3-7-14(13)12-16/h13-15H,2-3,6-12H2,1H3. The highest BCUT2D eigenvalue weighted by Crippen LogP contribution is 2.35. The molecule has 1 N–H and O–H groups in total. The number of likely N-dealkylation sites (tertiary alicyclic amines) is 1. The fourth-order valence-corrected chi connectivity index (χ4v) is 3.55. The minimum absolute atomic E-state index is 0.221. The molecular formula is C14H24N2O2S. The molecule has 0 aromatic rings. The van der Waals surface area contributed by atoms with Crippen molar-refractivity contribution in [3.8, 4) is 11.8 Å². The van der Waals surface area contributed by atoms with Gasteiger partial charge in [-0.2, -0.15) is 0 Å². The van der Waals surface area contributed by atoms with E-state index in [4.69, 9.17) is 0 Å². The number of hydrogen-bond donors (Lipinski definition) is 1. The van der Waals surface area contributed by atoms with Crippen LogP contribution in [-0.4, -0.2) is 45.8 Å². The van der Waals surface area contributed by atoms with Crippen LogP contribution in [0, 0.1) is 23.7 Å². The van der Waals surface area contributed by atoms with Crippen molar-refractivity contribution in [2.45, 2.75) is 32.1 Å². The van der Waals surface area contributed by atoms with Gasteiger partial charge in [-0.3, -0.25) is 4.90 Å². The summed E-state index contributed by atoms with van der Waals surface area (Å²) in [5, 5.41) is 0. The Morgan fingerprint density at radius 2 is 1.89 bits per heavy atom. The van der Waals surface area contributed by atoms with Crippen molar-refractivity contribution in [1.82, 2.24) is 9.62 Å². The lowest BCUT2D eigenvalue weighted by molar-refractivity contribution is 0.0965. The highest BCUT2D eigenvalue weighted by molar-refractivity contribution is 7.88. The van der Waals surface area contributed by atoms with E-state index in [1.807, 2.05) is 0 Å². The smallest absolute Gasteiger partial charge is 0.209 e. The molecule has 2 fully saturated rings. The number of hydrogen-bond acceptors (Lipinski definition) is 3. The molecule has 1 heterocycles. The largest absolute Gasteiger partial charge is 0.292 e. The summed E-state index contributed by atoms with van der Waals surface area (Å²) in [5.74, 6) is 7.77. The number of piperidine rings is 1. The first kappa shape index (κ1) is 14.8. The van der Waals surface area contributed by atoms with Crippen LogP contribution in [0.15, 0.2) is 0 Å². The van der Waals surface area contributed by atoms with Gasteiger partial charge in [0.05, 0.1) is 19.3 Å². The molecule has 2 atom stereocenters. The predicted molar refractivity (Wildman–Crippen MR) is 77.1 cm³/mol. The van der Waals surface area contributed by atoms with Crippen LogP contribution < -0.4 is 4.72 Å². The highest BCUT2D eigenvalue weighted by atomic mass is 32.2. The molecule has 0 spiro atoms. The summed E-state index contributed by atoms with van der Waals surface area (Å²) in [5.41, 5.74) is 0. The lowest BCUT2D eigenvalue weighted by atomic mass is 9.75. The Balaban J connectivity index is 1.71. The molecule has 1 saturated heterocycles. The number of rotatable bonds is 3. The minimum atomic E-state index is -3.11.